The van der Waals surface area contributed by atoms with Gasteiger partial charge in [-0.2, -0.15) is 0 Å². The third-order valence-electron chi connectivity index (χ3n) is 1.92. The fourth-order valence-corrected chi connectivity index (χ4v) is 0.917. The molecule has 0 spiro atoms. The summed E-state index contributed by atoms with van der Waals surface area (Å²) in [5.41, 5.74) is 0.252. The molecule has 0 fully saturated rings. The molecule has 0 saturated heterocycles. The third-order valence-corrected chi connectivity index (χ3v) is 2.11. The van der Waals surface area contributed by atoms with Crippen LogP contribution in [-0.2, 0) is 0 Å². The predicted octanol–water partition coefficient (Wildman–Crippen LogP) is 2.38. The molecule has 0 aliphatic heterocycles. The van der Waals surface area contributed by atoms with Gasteiger partial charge in [0.05, 0.1) is 0 Å². The Balaban J connectivity index is 0. The fraction of sp³-hybridized carbons (Fsp3) is 1.00. The molecular weight excluding hydrogens is 169 g/mol. The molecule has 0 heterocycles. The molecule has 1 nitrogen and oxygen atoms in total. The van der Waals surface area contributed by atoms with E-state index < -0.39 is 0 Å². The molecule has 0 aliphatic rings. The van der Waals surface area contributed by atoms with Crippen LogP contribution in [0.15, 0.2) is 0 Å². The first-order valence-electron chi connectivity index (χ1n) is 3.24. The maximum Gasteiger partial charge on any atom is 0.0240 e. The molecule has 0 unspecified atom stereocenters. The standard InChI is InChI=1S/C7H16ClN.ClH/c1-7(2,5-6-8)9(3)4;/h5-6H2,1-4H3;1H. The average Bonchev–Trinajstić information content (AvgIpc) is 1.65. The zero-order chi connectivity index (χ0) is 7.49. The molecule has 0 radical (unpaired) electrons. The molecule has 0 N–H and O–H groups in total. The highest BCUT2D eigenvalue weighted by Gasteiger charge is 2.18. The van der Waals surface area contributed by atoms with Gasteiger partial charge in [0.25, 0.3) is 0 Å². The number of hydrogen-bond donors (Lipinski definition) is 0. The van der Waals surface area contributed by atoms with E-state index in [4.69, 9.17) is 11.6 Å². The van der Waals surface area contributed by atoms with Crippen LogP contribution in [0.25, 0.3) is 0 Å². The topological polar surface area (TPSA) is 3.24 Å². The van der Waals surface area contributed by atoms with Crippen LogP contribution in [0, 0.1) is 0 Å². The summed E-state index contributed by atoms with van der Waals surface area (Å²) in [6.07, 6.45) is 1.04. The van der Waals surface area contributed by atoms with Gasteiger partial charge < -0.3 is 4.90 Å². The van der Waals surface area contributed by atoms with Crippen molar-refractivity contribution in [2.24, 2.45) is 0 Å². The van der Waals surface area contributed by atoms with E-state index in [1.54, 1.807) is 0 Å². The lowest BCUT2D eigenvalue weighted by Crippen LogP contribution is -2.38. The van der Waals surface area contributed by atoms with Crippen molar-refractivity contribution < 1.29 is 0 Å². The van der Waals surface area contributed by atoms with Crippen LogP contribution in [0.5, 0.6) is 0 Å². The summed E-state index contributed by atoms with van der Waals surface area (Å²) < 4.78 is 0. The minimum atomic E-state index is 0. The van der Waals surface area contributed by atoms with E-state index in [-0.39, 0.29) is 17.9 Å². The summed E-state index contributed by atoms with van der Waals surface area (Å²) >= 11 is 5.60. The molecule has 3 heteroatoms. The summed E-state index contributed by atoms with van der Waals surface area (Å²) in [6, 6.07) is 0. The lowest BCUT2D eigenvalue weighted by atomic mass is 10.0. The molecule has 0 aromatic heterocycles. The van der Waals surface area contributed by atoms with Crippen molar-refractivity contribution >= 4 is 24.0 Å². The van der Waals surface area contributed by atoms with Gasteiger partial charge in [-0.25, -0.2) is 0 Å². The minimum Gasteiger partial charge on any atom is -0.304 e. The zero-order valence-corrected chi connectivity index (χ0v) is 8.72. The van der Waals surface area contributed by atoms with Gasteiger partial charge in [0.2, 0.25) is 0 Å². The van der Waals surface area contributed by atoms with Crippen LogP contribution in [0.2, 0.25) is 0 Å². The number of hydrogen-bond acceptors (Lipinski definition) is 1. The normalized spacial score (nSPS) is 11.4. The largest absolute Gasteiger partial charge is 0.304 e. The maximum absolute atomic E-state index is 5.60. The predicted molar refractivity (Wildman–Crippen MR) is 50.4 cm³/mol. The smallest absolute Gasteiger partial charge is 0.0240 e. The third kappa shape index (κ3) is 4.37. The second-order valence-electron chi connectivity index (χ2n) is 3.15. The lowest BCUT2D eigenvalue weighted by molar-refractivity contribution is 0.190. The molecule has 0 atom stereocenters. The molecule has 0 aromatic carbocycles. The van der Waals surface area contributed by atoms with Crippen LogP contribution in [-0.4, -0.2) is 30.4 Å². The first-order valence-corrected chi connectivity index (χ1v) is 3.77. The van der Waals surface area contributed by atoms with Crippen LogP contribution in [0.3, 0.4) is 0 Å². The van der Waals surface area contributed by atoms with Crippen molar-refractivity contribution in [3.05, 3.63) is 0 Å². The summed E-state index contributed by atoms with van der Waals surface area (Å²) in [4.78, 5) is 2.19. The summed E-state index contributed by atoms with van der Waals surface area (Å²) in [6.45, 7) is 4.38. The molecule has 0 rings (SSSR count). The summed E-state index contributed by atoms with van der Waals surface area (Å²) in [5, 5.41) is 0. The van der Waals surface area contributed by atoms with Crippen molar-refractivity contribution in [2.45, 2.75) is 25.8 Å². The Morgan fingerprint density at radius 1 is 1.30 bits per heavy atom. The van der Waals surface area contributed by atoms with Crippen molar-refractivity contribution in [3.63, 3.8) is 0 Å². The van der Waals surface area contributed by atoms with Gasteiger partial charge >= 0.3 is 0 Å². The van der Waals surface area contributed by atoms with Crippen LogP contribution in [0.1, 0.15) is 20.3 Å². The average molecular weight is 186 g/mol. The summed E-state index contributed by atoms with van der Waals surface area (Å²) in [7, 11) is 4.15. The highest BCUT2D eigenvalue weighted by molar-refractivity contribution is 6.17. The molecule has 10 heavy (non-hydrogen) atoms. The monoisotopic (exact) mass is 185 g/mol. The van der Waals surface area contributed by atoms with Gasteiger partial charge in [0, 0.05) is 11.4 Å². The molecular formula is C7H17Cl2N. The Kier molecular flexibility index (Phi) is 6.87. The Hall–Kier alpha value is 0.540. The summed E-state index contributed by atoms with van der Waals surface area (Å²) in [5.74, 6) is 0.741. The second kappa shape index (κ2) is 5.22. The Labute approximate surface area is 75.1 Å². The molecule has 0 aromatic rings. The first-order chi connectivity index (χ1) is 4.00. The Morgan fingerprint density at radius 3 is 1.80 bits per heavy atom. The molecule has 0 aliphatic carbocycles. The Bertz CT molecular complexity index is 81.7. The molecule has 0 saturated carbocycles. The van der Waals surface area contributed by atoms with Crippen molar-refractivity contribution in [1.82, 2.24) is 4.90 Å². The zero-order valence-electron chi connectivity index (χ0n) is 7.15. The molecule has 0 amide bonds. The van der Waals surface area contributed by atoms with Crippen molar-refractivity contribution in [2.75, 3.05) is 20.0 Å². The van der Waals surface area contributed by atoms with Crippen LogP contribution in [0.4, 0.5) is 0 Å². The number of alkyl halides is 1. The number of rotatable bonds is 3. The van der Waals surface area contributed by atoms with Crippen molar-refractivity contribution in [1.29, 1.82) is 0 Å². The quantitative estimate of drug-likeness (QED) is 0.611. The van der Waals surface area contributed by atoms with E-state index in [2.05, 4.69) is 32.8 Å². The molecule has 64 valence electrons. The van der Waals surface area contributed by atoms with E-state index in [9.17, 15) is 0 Å². The number of nitrogens with zero attached hydrogens (tertiary/aromatic N) is 1. The highest BCUT2D eigenvalue weighted by Crippen LogP contribution is 2.14. The van der Waals surface area contributed by atoms with Gasteiger partial charge in [0.15, 0.2) is 0 Å². The maximum atomic E-state index is 5.60. The van der Waals surface area contributed by atoms with E-state index in [1.165, 1.54) is 0 Å². The van der Waals surface area contributed by atoms with Crippen LogP contribution < -0.4 is 0 Å². The van der Waals surface area contributed by atoms with E-state index in [0.29, 0.717) is 0 Å². The van der Waals surface area contributed by atoms with Crippen LogP contribution >= 0.6 is 24.0 Å². The van der Waals surface area contributed by atoms with Gasteiger partial charge in [-0.15, -0.1) is 24.0 Å². The van der Waals surface area contributed by atoms with E-state index in [1.807, 2.05) is 0 Å². The second-order valence-corrected chi connectivity index (χ2v) is 3.52. The highest BCUT2D eigenvalue weighted by atomic mass is 35.5. The molecule has 0 bridgehead atoms. The van der Waals surface area contributed by atoms with E-state index in [0.717, 1.165) is 12.3 Å². The first kappa shape index (κ1) is 13.2. The lowest BCUT2D eigenvalue weighted by Gasteiger charge is -2.31. The van der Waals surface area contributed by atoms with Gasteiger partial charge in [-0.3, -0.25) is 0 Å². The van der Waals surface area contributed by atoms with Gasteiger partial charge in [-0.05, 0) is 34.4 Å². The SMILES string of the molecule is CN(C)C(C)(C)CCCl.Cl. The minimum absolute atomic E-state index is 0. The van der Waals surface area contributed by atoms with Gasteiger partial charge in [0.1, 0.15) is 0 Å². The fourth-order valence-electron chi connectivity index (χ4n) is 0.455. The number of halogens is 2. The van der Waals surface area contributed by atoms with Crippen molar-refractivity contribution in [3.8, 4) is 0 Å². The van der Waals surface area contributed by atoms with Gasteiger partial charge in [-0.1, -0.05) is 0 Å². The Morgan fingerprint density at radius 2 is 1.70 bits per heavy atom. The van der Waals surface area contributed by atoms with E-state index >= 15 is 0 Å².